The van der Waals surface area contributed by atoms with E-state index in [9.17, 15) is 10.1 Å². The van der Waals surface area contributed by atoms with E-state index in [1.54, 1.807) is 10.9 Å². The molecule has 9 heteroatoms. The van der Waals surface area contributed by atoms with E-state index >= 15 is 0 Å². The molecule has 0 saturated heterocycles. The summed E-state index contributed by atoms with van der Waals surface area (Å²) in [6.07, 6.45) is 0.714. The lowest BCUT2D eigenvalue weighted by Crippen LogP contribution is -2.39. The zero-order valence-corrected chi connectivity index (χ0v) is 28.9. The Hall–Kier alpha value is -7.00. The van der Waals surface area contributed by atoms with Crippen LogP contribution in [0.2, 0.25) is 0 Å². The van der Waals surface area contributed by atoms with Gasteiger partial charge in [-0.05, 0) is 51.1 Å². The molecule has 0 aliphatic carbocycles. The Morgan fingerprint density at radius 1 is 0.698 bits per heavy atom. The molecule has 9 nitrogen and oxygen atoms in total. The molecule has 0 bridgehead atoms. The molecular weight excluding hydrogens is 661 g/mol. The number of ether oxygens (including phenoxy) is 1. The fraction of sp³-hybridized carbons (Fsp3) is 0.0909. The molecule has 0 N–H and O–H groups in total. The van der Waals surface area contributed by atoms with E-state index in [1.807, 2.05) is 97.9 Å². The zero-order valence-electron chi connectivity index (χ0n) is 28.9. The first-order valence-electron chi connectivity index (χ1n) is 17.4. The van der Waals surface area contributed by atoms with Crippen molar-refractivity contribution in [1.82, 2.24) is 25.2 Å². The van der Waals surface area contributed by atoms with E-state index < -0.39 is 10.5 Å². The topological polar surface area (TPSA) is 109 Å². The summed E-state index contributed by atoms with van der Waals surface area (Å²) in [5.74, 6) is 1.07. The minimum Gasteiger partial charge on any atom is -0.488 e. The third kappa shape index (κ3) is 6.29. The molecule has 8 rings (SSSR count). The molecule has 0 radical (unpaired) electrons. The normalized spacial score (nSPS) is 11.4. The van der Waals surface area contributed by atoms with Crippen molar-refractivity contribution in [3.05, 3.63) is 202 Å². The van der Waals surface area contributed by atoms with Crippen LogP contribution >= 0.6 is 0 Å². The summed E-state index contributed by atoms with van der Waals surface area (Å²) < 4.78 is 6.27. The number of nitro groups is 1. The number of hydrogen-bond donors (Lipinski definition) is 0. The summed E-state index contributed by atoms with van der Waals surface area (Å²) in [4.78, 5) is 17.4. The first-order valence-corrected chi connectivity index (χ1v) is 17.4. The summed E-state index contributed by atoms with van der Waals surface area (Å²) in [5.41, 5.74) is 7.41. The van der Waals surface area contributed by atoms with Crippen molar-refractivity contribution in [2.24, 2.45) is 0 Å². The number of hydrogen-bond acceptors (Lipinski definition) is 7. The van der Waals surface area contributed by atoms with E-state index in [1.165, 1.54) is 12.1 Å². The third-order valence-corrected chi connectivity index (χ3v) is 9.50. The second-order valence-corrected chi connectivity index (χ2v) is 12.7. The molecule has 0 amide bonds. The molecule has 0 unspecified atom stereocenters. The first kappa shape index (κ1) is 33.2. The summed E-state index contributed by atoms with van der Waals surface area (Å²) in [6.45, 7) is 2.30. The summed E-state index contributed by atoms with van der Waals surface area (Å²) in [6, 6.07) is 53.6. The van der Waals surface area contributed by atoms with E-state index in [4.69, 9.17) is 15.0 Å². The lowest BCUT2D eigenvalue weighted by molar-refractivity contribution is -0.384. The molecular formula is C44H34N6O3. The van der Waals surface area contributed by atoms with Crippen LogP contribution < -0.4 is 4.74 Å². The van der Waals surface area contributed by atoms with Gasteiger partial charge in [0.25, 0.3) is 5.69 Å². The third-order valence-electron chi connectivity index (χ3n) is 9.50. The second-order valence-electron chi connectivity index (χ2n) is 12.7. The van der Waals surface area contributed by atoms with Crippen molar-refractivity contribution in [1.29, 1.82) is 0 Å². The van der Waals surface area contributed by atoms with Crippen LogP contribution in [0, 0.1) is 10.1 Å². The van der Waals surface area contributed by atoms with Gasteiger partial charge in [-0.15, -0.1) is 15.0 Å². The molecule has 0 aliphatic heterocycles. The number of pyridine rings is 1. The van der Waals surface area contributed by atoms with E-state index in [0.717, 1.165) is 44.6 Å². The quantitative estimate of drug-likeness (QED) is 0.0754. The van der Waals surface area contributed by atoms with Crippen LogP contribution in [0.5, 0.6) is 5.75 Å². The number of non-ortho nitro benzene ring substituents is 1. The van der Waals surface area contributed by atoms with Gasteiger partial charge in [-0.3, -0.25) is 15.1 Å². The van der Waals surface area contributed by atoms with Crippen molar-refractivity contribution in [3.8, 4) is 28.3 Å². The van der Waals surface area contributed by atoms with Gasteiger partial charge in [0.2, 0.25) is 5.82 Å². The highest BCUT2D eigenvalue weighted by Gasteiger charge is 2.41. The van der Waals surface area contributed by atoms with Crippen LogP contribution in [-0.2, 0) is 18.6 Å². The van der Waals surface area contributed by atoms with E-state index in [2.05, 4.69) is 64.7 Å². The highest BCUT2D eigenvalue weighted by atomic mass is 16.6. The minimum absolute atomic E-state index is 0.00294. The summed E-state index contributed by atoms with van der Waals surface area (Å²) >= 11 is 0. The molecule has 2 heterocycles. The fourth-order valence-electron chi connectivity index (χ4n) is 6.87. The molecule has 2 aromatic heterocycles. The SMILES string of the molecule is CCc1cc(OCc2ccc(-c3ccccc3-c3nnn(C(c4ccccc4)(c4ccccc4)c4ccccc4)n3)cc2)c2cc([N+](=O)[O-])ccc2n1. The Balaban J connectivity index is 1.13. The number of aromatic nitrogens is 5. The number of nitro benzene ring substituents is 1. The Kier molecular flexibility index (Phi) is 8.96. The van der Waals surface area contributed by atoms with Crippen LogP contribution in [-0.4, -0.2) is 30.1 Å². The molecule has 8 aromatic rings. The number of benzene rings is 6. The van der Waals surface area contributed by atoms with Crippen molar-refractivity contribution in [2.45, 2.75) is 25.5 Å². The first-order chi connectivity index (χ1) is 26.0. The van der Waals surface area contributed by atoms with Crippen molar-refractivity contribution >= 4 is 16.6 Å². The molecule has 0 aliphatic rings. The Labute approximate surface area is 306 Å². The van der Waals surface area contributed by atoms with Crippen LogP contribution in [0.15, 0.2) is 164 Å². The van der Waals surface area contributed by atoms with Gasteiger partial charge in [0.1, 0.15) is 12.4 Å². The van der Waals surface area contributed by atoms with Gasteiger partial charge in [-0.2, -0.15) is 0 Å². The maximum Gasteiger partial charge on any atom is 0.270 e. The predicted molar refractivity (Wildman–Crippen MR) is 205 cm³/mol. The van der Waals surface area contributed by atoms with E-state index in [0.29, 0.717) is 28.9 Å². The smallest absolute Gasteiger partial charge is 0.270 e. The van der Waals surface area contributed by atoms with Gasteiger partial charge in [0.15, 0.2) is 5.54 Å². The van der Waals surface area contributed by atoms with Gasteiger partial charge in [-0.25, -0.2) is 0 Å². The average Bonchev–Trinajstić information content (AvgIpc) is 3.72. The number of nitrogens with zero attached hydrogens (tertiary/aromatic N) is 6. The Morgan fingerprint density at radius 3 is 1.87 bits per heavy atom. The number of rotatable bonds is 11. The number of aryl methyl sites for hydroxylation is 1. The van der Waals surface area contributed by atoms with Crippen molar-refractivity contribution in [3.63, 3.8) is 0 Å². The molecule has 258 valence electrons. The number of fused-ring (bicyclic) bond motifs is 1. The van der Waals surface area contributed by atoms with Gasteiger partial charge in [-0.1, -0.05) is 146 Å². The highest BCUT2D eigenvalue weighted by molar-refractivity contribution is 5.87. The lowest BCUT2D eigenvalue weighted by atomic mass is 9.77. The minimum atomic E-state index is -0.880. The monoisotopic (exact) mass is 694 g/mol. The van der Waals surface area contributed by atoms with Crippen LogP contribution in [0.3, 0.4) is 0 Å². The van der Waals surface area contributed by atoms with Gasteiger partial charge >= 0.3 is 0 Å². The van der Waals surface area contributed by atoms with Crippen LogP contribution in [0.25, 0.3) is 33.4 Å². The van der Waals surface area contributed by atoms with Gasteiger partial charge < -0.3 is 4.74 Å². The Morgan fingerprint density at radius 2 is 1.28 bits per heavy atom. The summed E-state index contributed by atoms with van der Waals surface area (Å²) in [5, 5.41) is 26.6. The van der Waals surface area contributed by atoms with Crippen molar-refractivity contribution < 1.29 is 9.66 Å². The molecule has 0 saturated carbocycles. The van der Waals surface area contributed by atoms with Crippen LogP contribution in [0.4, 0.5) is 5.69 Å². The van der Waals surface area contributed by atoms with Crippen molar-refractivity contribution in [2.75, 3.05) is 0 Å². The van der Waals surface area contributed by atoms with E-state index in [-0.39, 0.29) is 12.3 Å². The average molecular weight is 695 g/mol. The van der Waals surface area contributed by atoms with Gasteiger partial charge in [0, 0.05) is 34.8 Å². The maximum absolute atomic E-state index is 11.5. The second kappa shape index (κ2) is 14.3. The predicted octanol–water partition coefficient (Wildman–Crippen LogP) is 9.45. The number of tetrazole rings is 1. The lowest BCUT2D eigenvalue weighted by Gasteiger charge is -2.34. The molecule has 0 spiro atoms. The highest BCUT2D eigenvalue weighted by Crippen LogP contribution is 2.40. The van der Waals surface area contributed by atoms with Crippen LogP contribution in [0.1, 0.15) is 34.9 Å². The fourth-order valence-corrected chi connectivity index (χ4v) is 6.87. The summed E-state index contributed by atoms with van der Waals surface area (Å²) in [7, 11) is 0. The van der Waals surface area contributed by atoms with Gasteiger partial charge in [0.05, 0.1) is 10.4 Å². The maximum atomic E-state index is 11.5. The standard InChI is InChI=1S/C44H34N6O3/c1-2-36-28-42(40-29-37(49(51)52)26-27-41(40)45-36)53-30-31-22-24-32(25-23-31)38-20-12-13-21-39(38)43-46-48-50(47-43)44(33-14-6-3-7-15-33,34-16-8-4-9-17-34)35-18-10-5-11-19-35/h3-29H,2,30H2,1H3. The Bertz CT molecular complexity index is 2430. The molecule has 0 fully saturated rings. The molecule has 0 atom stereocenters. The largest absolute Gasteiger partial charge is 0.488 e. The molecule has 6 aromatic carbocycles. The zero-order chi connectivity index (χ0) is 36.2. The molecule has 53 heavy (non-hydrogen) atoms.